The fraction of sp³-hybridized carbons (Fsp3) is 0.771. The number of rotatable bonds is 8. The van der Waals surface area contributed by atoms with E-state index in [1.165, 1.54) is 0 Å². The molecule has 0 saturated heterocycles. The smallest absolute Gasteiger partial charge is 0.344 e. The number of ether oxygens (including phenoxy) is 4. The second-order valence-electron chi connectivity index (χ2n) is 15.7. The van der Waals surface area contributed by atoms with Crippen LogP contribution in [0.1, 0.15) is 115 Å². The SMILES string of the molecule is C=C(C)C(=O)OCC(=O)OC1(C)CCC2(C)C(C)(C)C12C.C=C(C)C(=O)OCC(=O)OC1(C)CCCC12C(C)(C)C2(C)C. The van der Waals surface area contributed by atoms with E-state index in [-0.39, 0.29) is 56.8 Å². The highest BCUT2D eigenvalue weighted by Gasteiger charge is 2.87. The van der Waals surface area contributed by atoms with E-state index in [0.717, 1.165) is 32.1 Å². The molecule has 0 aromatic rings. The first kappa shape index (κ1) is 34.8. The van der Waals surface area contributed by atoms with Gasteiger partial charge in [0.15, 0.2) is 13.2 Å². The summed E-state index contributed by atoms with van der Waals surface area (Å²) in [6, 6.07) is 0. The molecule has 43 heavy (non-hydrogen) atoms. The predicted molar refractivity (Wildman–Crippen MR) is 164 cm³/mol. The highest BCUT2D eigenvalue weighted by atomic mass is 16.6. The van der Waals surface area contributed by atoms with E-state index in [1.54, 1.807) is 13.8 Å². The Labute approximate surface area is 258 Å². The summed E-state index contributed by atoms with van der Waals surface area (Å²) in [4.78, 5) is 46.9. The van der Waals surface area contributed by atoms with Crippen LogP contribution in [0.25, 0.3) is 0 Å². The molecule has 0 aromatic heterocycles. The monoisotopic (exact) mass is 602 g/mol. The van der Waals surface area contributed by atoms with Crippen molar-refractivity contribution < 1.29 is 38.1 Å². The molecule has 0 bridgehead atoms. The fourth-order valence-electron chi connectivity index (χ4n) is 9.89. The topological polar surface area (TPSA) is 105 Å². The minimum Gasteiger partial charge on any atom is -0.456 e. The van der Waals surface area contributed by atoms with Crippen LogP contribution in [0.4, 0.5) is 0 Å². The lowest BCUT2D eigenvalue weighted by molar-refractivity contribution is -0.174. The van der Waals surface area contributed by atoms with Gasteiger partial charge in [-0.3, -0.25) is 0 Å². The number of hydrogen-bond donors (Lipinski definition) is 0. The largest absolute Gasteiger partial charge is 0.456 e. The molecule has 4 rings (SSSR count). The van der Waals surface area contributed by atoms with Gasteiger partial charge >= 0.3 is 23.9 Å². The van der Waals surface area contributed by atoms with Crippen molar-refractivity contribution in [3.05, 3.63) is 24.3 Å². The summed E-state index contributed by atoms with van der Waals surface area (Å²) in [6.07, 6.45) is 4.89. The summed E-state index contributed by atoms with van der Waals surface area (Å²) in [6.45, 7) is 31.4. The highest BCUT2D eigenvalue weighted by Crippen LogP contribution is 2.88. The quantitative estimate of drug-likeness (QED) is 0.168. The van der Waals surface area contributed by atoms with E-state index in [4.69, 9.17) is 18.9 Å². The van der Waals surface area contributed by atoms with Crippen LogP contribution in [0, 0.1) is 32.5 Å². The Hall–Kier alpha value is -2.64. The first-order chi connectivity index (χ1) is 19.4. The lowest BCUT2D eigenvalue weighted by Crippen LogP contribution is -2.41. The first-order valence-corrected chi connectivity index (χ1v) is 15.4. The zero-order valence-corrected chi connectivity index (χ0v) is 28.6. The minimum absolute atomic E-state index is 0.00101. The molecule has 0 amide bonds. The molecule has 0 N–H and O–H groups in total. The van der Waals surface area contributed by atoms with E-state index in [9.17, 15) is 19.2 Å². The molecule has 4 saturated carbocycles. The van der Waals surface area contributed by atoms with Crippen molar-refractivity contribution in [3.63, 3.8) is 0 Å². The van der Waals surface area contributed by atoms with Crippen LogP contribution in [0.5, 0.6) is 0 Å². The molecule has 242 valence electrons. The maximum absolute atomic E-state index is 12.1. The number of hydrogen-bond acceptors (Lipinski definition) is 8. The maximum Gasteiger partial charge on any atom is 0.344 e. The van der Waals surface area contributed by atoms with Gasteiger partial charge in [0.1, 0.15) is 11.2 Å². The molecular formula is C35H54O8. The Kier molecular flexibility index (Phi) is 8.49. The van der Waals surface area contributed by atoms with Gasteiger partial charge in [0.05, 0.1) is 0 Å². The fourth-order valence-corrected chi connectivity index (χ4v) is 9.89. The molecule has 4 aliphatic rings. The Morgan fingerprint density at radius 2 is 1.00 bits per heavy atom. The molecule has 4 aliphatic carbocycles. The number of esters is 4. The van der Waals surface area contributed by atoms with Crippen LogP contribution in [0.15, 0.2) is 24.3 Å². The summed E-state index contributed by atoms with van der Waals surface area (Å²) < 4.78 is 21.3. The third kappa shape index (κ3) is 4.68. The Morgan fingerprint density at radius 1 is 0.581 bits per heavy atom. The molecule has 0 radical (unpaired) electrons. The average Bonchev–Trinajstić information content (AvgIpc) is 3.21. The molecule has 4 fully saturated rings. The second kappa shape index (κ2) is 10.5. The molecule has 0 aliphatic heterocycles. The third-order valence-corrected chi connectivity index (χ3v) is 13.6. The first-order valence-electron chi connectivity index (χ1n) is 15.4. The van der Waals surface area contributed by atoms with E-state index < -0.39 is 35.1 Å². The predicted octanol–water partition coefficient (Wildman–Crippen LogP) is 6.90. The van der Waals surface area contributed by atoms with Crippen LogP contribution >= 0.6 is 0 Å². The number of fused-ring (bicyclic) bond motifs is 1. The van der Waals surface area contributed by atoms with Crippen molar-refractivity contribution in [1.29, 1.82) is 0 Å². The van der Waals surface area contributed by atoms with Gasteiger partial charge in [0, 0.05) is 22.0 Å². The zero-order valence-electron chi connectivity index (χ0n) is 28.6. The Bertz CT molecular complexity index is 1230. The molecule has 8 nitrogen and oxygen atoms in total. The summed E-state index contributed by atoms with van der Waals surface area (Å²) in [7, 11) is 0. The summed E-state index contributed by atoms with van der Waals surface area (Å²) >= 11 is 0. The van der Waals surface area contributed by atoms with Gasteiger partial charge in [0.25, 0.3) is 0 Å². The standard InChI is InChI=1S/C18H28O4.C17H26O4/c1-12(2)14(20)21-11-13(19)22-17(7)9-8-10-18(17)15(3,4)16(18,5)6;1-11(2)13(19)20-10-12(18)21-16(6)9-8-15(5)14(3,4)17(15,16)7/h1,8-11H2,2-7H3;1,8-10H2,2-7H3. The van der Waals surface area contributed by atoms with Gasteiger partial charge in [-0.2, -0.15) is 0 Å². The van der Waals surface area contributed by atoms with Crippen molar-refractivity contribution in [3.8, 4) is 0 Å². The molecule has 1 spiro atoms. The Morgan fingerprint density at radius 3 is 1.35 bits per heavy atom. The molecule has 0 heterocycles. The molecule has 0 aromatic carbocycles. The van der Waals surface area contributed by atoms with E-state index in [2.05, 4.69) is 68.5 Å². The molecule has 4 atom stereocenters. The van der Waals surface area contributed by atoms with Crippen LogP contribution < -0.4 is 0 Å². The van der Waals surface area contributed by atoms with Gasteiger partial charge in [0.2, 0.25) is 0 Å². The zero-order chi connectivity index (χ0) is 33.2. The highest BCUT2D eigenvalue weighted by molar-refractivity contribution is 5.89. The van der Waals surface area contributed by atoms with Crippen molar-refractivity contribution in [2.45, 2.75) is 126 Å². The lowest BCUT2D eigenvalue weighted by Gasteiger charge is -2.36. The summed E-state index contributed by atoms with van der Waals surface area (Å²) in [5.41, 5.74) is 0.107. The van der Waals surface area contributed by atoms with Gasteiger partial charge in [-0.05, 0) is 81.5 Å². The van der Waals surface area contributed by atoms with E-state index in [1.807, 2.05) is 13.8 Å². The summed E-state index contributed by atoms with van der Waals surface area (Å²) in [5.74, 6) is -2.08. The van der Waals surface area contributed by atoms with Gasteiger partial charge in [-0.25, -0.2) is 19.2 Å². The van der Waals surface area contributed by atoms with Crippen molar-refractivity contribution >= 4 is 23.9 Å². The van der Waals surface area contributed by atoms with Crippen LogP contribution in [0.2, 0.25) is 0 Å². The minimum atomic E-state index is -0.564. The second-order valence-corrected chi connectivity index (χ2v) is 15.7. The average molecular weight is 603 g/mol. The van der Waals surface area contributed by atoms with Crippen LogP contribution in [-0.2, 0) is 38.1 Å². The van der Waals surface area contributed by atoms with Crippen molar-refractivity contribution in [2.75, 3.05) is 13.2 Å². The van der Waals surface area contributed by atoms with Gasteiger partial charge in [-0.1, -0.05) is 68.5 Å². The van der Waals surface area contributed by atoms with Crippen molar-refractivity contribution in [1.82, 2.24) is 0 Å². The van der Waals surface area contributed by atoms with Crippen LogP contribution in [0.3, 0.4) is 0 Å². The molecule has 8 heteroatoms. The summed E-state index contributed by atoms with van der Waals surface area (Å²) in [5, 5.41) is 0. The van der Waals surface area contributed by atoms with E-state index >= 15 is 0 Å². The van der Waals surface area contributed by atoms with E-state index in [0.29, 0.717) is 0 Å². The van der Waals surface area contributed by atoms with Gasteiger partial charge < -0.3 is 18.9 Å². The molecule has 4 unspecified atom stereocenters. The third-order valence-electron chi connectivity index (χ3n) is 13.6. The lowest BCUT2D eigenvalue weighted by atomic mass is 9.80. The number of carbonyl (C=O) groups excluding carboxylic acids is 4. The number of carbonyl (C=O) groups is 4. The normalized spacial score (nSPS) is 34.5. The van der Waals surface area contributed by atoms with Crippen LogP contribution in [-0.4, -0.2) is 48.3 Å². The maximum atomic E-state index is 12.1. The van der Waals surface area contributed by atoms with Crippen molar-refractivity contribution in [2.24, 2.45) is 32.5 Å². The Balaban J connectivity index is 0.000000236. The molecular weight excluding hydrogens is 548 g/mol. The van der Waals surface area contributed by atoms with Gasteiger partial charge in [-0.15, -0.1) is 0 Å².